The van der Waals surface area contributed by atoms with Crippen LogP contribution in [-0.2, 0) is 17.8 Å². The lowest BCUT2D eigenvalue weighted by Crippen LogP contribution is -2.33. The molecule has 0 saturated heterocycles. The van der Waals surface area contributed by atoms with Gasteiger partial charge in [-0.25, -0.2) is 0 Å². The fourth-order valence-corrected chi connectivity index (χ4v) is 3.30. The van der Waals surface area contributed by atoms with E-state index in [9.17, 15) is 4.79 Å². The highest BCUT2D eigenvalue weighted by molar-refractivity contribution is 5.79. The molecular formula is C24H22N4O. The van der Waals surface area contributed by atoms with Crippen molar-refractivity contribution in [3.8, 4) is 11.1 Å². The second-order valence-corrected chi connectivity index (χ2v) is 6.85. The minimum atomic E-state index is -0.195. The van der Waals surface area contributed by atoms with Crippen LogP contribution in [0.4, 0.5) is 0 Å². The van der Waals surface area contributed by atoms with E-state index in [-0.39, 0.29) is 11.9 Å². The van der Waals surface area contributed by atoms with Crippen LogP contribution in [0.2, 0.25) is 0 Å². The zero-order valence-corrected chi connectivity index (χ0v) is 16.0. The van der Waals surface area contributed by atoms with Crippen molar-refractivity contribution in [3.05, 3.63) is 108 Å². The van der Waals surface area contributed by atoms with Gasteiger partial charge in [0.25, 0.3) is 0 Å². The van der Waals surface area contributed by atoms with E-state index in [0.717, 1.165) is 16.7 Å². The molecule has 1 amide bonds. The molecule has 3 aromatic carbocycles. The molecule has 0 aliphatic heterocycles. The van der Waals surface area contributed by atoms with E-state index in [1.807, 2.05) is 60.7 Å². The first-order valence-electron chi connectivity index (χ1n) is 9.61. The number of amides is 1. The summed E-state index contributed by atoms with van der Waals surface area (Å²) < 4.78 is 0. The van der Waals surface area contributed by atoms with Gasteiger partial charge in [0.1, 0.15) is 0 Å². The number of carbonyl (C=O) groups excluding carboxylic acids is 1. The maximum absolute atomic E-state index is 12.7. The summed E-state index contributed by atoms with van der Waals surface area (Å²) in [6.07, 6.45) is 3.60. The Morgan fingerprint density at radius 3 is 2.03 bits per heavy atom. The van der Waals surface area contributed by atoms with Crippen LogP contribution < -0.4 is 5.32 Å². The quantitative estimate of drug-likeness (QED) is 0.525. The molecule has 4 rings (SSSR count). The molecule has 0 fully saturated rings. The lowest BCUT2D eigenvalue weighted by molar-refractivity contribution is -0.121. The maximum Gasteiger partial charge on any atom is 0.224 e. The van der Waals surface area contributed by atoms with Gasteiger partial charge in [0.2, 0.25) is 5.91 Å². The molecule has 0 saturated carbocycles. The molecule has 1 atom stereocenters. The molecular weight excluding hydrogens is 360 g/mol. The molecule has 0 radical (unpaired) electrons. The Kier molecular flexibility index (Phi) is 5.76. The fourth-order valence-electron chi connectivity index (χ4n) is 3.30. The third-order valence-corrected chi connectivity index (χ3v) is 4.78. The molecule has 1 N–H and O–H groups in total. The highest BCUT2D eigenvalue weighted by Gasteiger charge is 2.16. The van der Waals surface area contributed by atoms with Crippen LogP contribution in [0.15, 0.2) is 97.3 Å². The minimum absolute atomic E-state index is 0.0292. The first kappa shape index (κ1) is 18.6. The Bertz CT molecular complexity index is 1030. The normalized spacial score (nSPS) is 11.7. The van der Waals surface area contributed by atoms with Crippen molar-refractivity contribution in [1.29, 1.82) is 0 Å². The third kappa shape index (κ3) is 4.96. The predicted molar refractivity (Wildman–Crippen MR) is 113 cm³/mol. The standard InChI is InChI=1S/C24H22N4O/c29-24(17-19-11-13-21(14-12-19)20-7-3-1-4-8-20)27-23(18-28-25-15-16-26-28)22-9-5-2-6-10-22/h1-16,23H,17-18H2,(H,27,29). The topological polar surface area (TPSA) is 59.8 Å². The van der Waals surface area contributed by atoms with E-state index in [4.69, 9.17) is 0 Å². The summed E-state index contributed by atoms with van der Waals surface area (Å²) in [6, 6.07) is 28.0. The van der Waals surface area contributed by atoms with E-state index in [2.05, 4.69) is 39.8 Å². The van der Waals surface area contributed by atoms with Gasteiger partial charge in [-0.1, -0.05) is 84.9 Å². The van der Waals surface area contributed by atoms with E-state index in [1.165, 1.54) is 5.56 Å². The van der Waals surface area contributed by atoms with Crippen LogP contribution in [0.5, 0.6) is 0 Å². The second-order valence-electron chi connectivity index (χ2n) is 6.85. The van der Waals surface area contributed by atoms with E-state index in [1.54, 1.807) is 17.2 Å². The molecule has 0 aliphatic carbocycles. The number of nitrogens with one attached hydrogen (secondary N) is 1. The van der Waals surface area contributed by atoms with Crippen molar-refractivity contribution < 1.29 is 4.79 Å². The molecule has 4 aromatic rings. The van der Waals surface area contributed by atoms with Gasteiger partial charge in [0.15, 0.2) is 0 Å². The number of hydrogen-bond donors (Lipinski definition) is 1. The minimum Gasteiger partial charge on any atom is -0.347 e. The largest absolute Gasteiger partial charge is 0.347 e. The Morgan fingerprint density at radius 2 is 1.38 bits per heavy atom. The summed E-state index contributed by atoms with van der Waals surface area (Å²) in [5.41, 5.74) is 4.31. The number of rotatable bonds is 7. The Labute approximate surface area is 170 Å². The van der Waals surface area contributed by atoms with Gasteiger partial charge in [-0.3, -0.25) is 4.79 Å². The fraction of sp³-hybridized carbons (Fsp3) is 0.125. The SMILES string of the molecule is O=C(Cc1ccc(-c2ccccc2)cc1)NC(Cn1nccn1)c1ccccc1. The Balaban J connectivity index is 1.44. The van der Waals surface area contributed by atoms with Crippen molar-refractivity contribution in [2.24, 2.45) is 0 Å². The van der Waals surface area contributed by atoms with Crippen LogP contribution in [0, 0.1) is 0 Å². The third-order valence-electron chi connectivity index (χ3n) is 4.78. The molecule has 0 spiro atoms. The smallest absolute Gasteiger partial charge is 0.224 e. The summed E-state index contributed by atoms with van der Waals surface area (Å²) in [7, 11) is 0. The van der Waals surface area contributed by atoms with Crippen molar-refractivity contribution >= 4 is 5.91 Å². The first-order valence-corrected chi connectivity index (χ1v) is 9.61. The van der Waals surface area contributed by atoms with Gasteiger partial charge < -0.3 is 5.32 Å². The monoisotopic (exact) mass is 382 g/mol. The van der Waals surface area contributed by atoms with Gasteiger partial charge in [-0.2, -0.15) is 15.0 Å². The molecule has 144 valence electrons. The molecule has 1 unspecified atom stereocenters. The van der Waals surface area contributed by atoms with Gasteiger partial charge in [0, 0.05) is 0 Å². The van der Waals surface area contributed by atoms with Crippen LogP contribution in [-0.4, -0.2) is 20.9 Å². The summed E-state index contributed by atoms with van der Waals surface area (Å²) in [4.78, 5) is 14.3. The second kappa shape index (κ2) is 8.97. The summed E-state index contributed by atoms with van der Waals surface area (Å²) in [5, 5.41) is 11.5. The van der Waals surface area contributed by atoms with E-state index in [0.29, 0.717) is 13.0 Å². The zero-order valence-electron chi connectivity index (χ0n) is 16.0. The van der Waals surface area contributed by atoms with Gasteiger partial charge in [-0.05, 0) is 22.3 Å². The van der Waals surface area contributed by atoms with Crippen LogP contribution in [0.25, 0.3) is 11.1 Å². The average molecular weight is 382 g/mol. The Hall–Kier alpha value is -3.73. The van der Waals surface area contributed by atoms with Crippen molar-refractivity contribution in [3.63, 3.8) is 0 Å². The van der Waals surface area contributed by atoms with Gasteiger partial charge in [-0.15, -0.1) is 0 Å². The summed E-state index contributed by atoms with van der Waals surface area (Å²) >= 11 is 0. The van der Waals surface area contributed by atoms with Crippen molar-refractivity contribution in [2.45, 2.75) is 19.0 Å². The predicted octanol–water partition coefficient (Wildman–Crippen LogP) is 4.05. The van der Waals surface area contributed by atoms with Gasteiger partial charge in [0.05, 0.1) is 31.4 Å². The van der Waals surface area contributed by atoms with Crippen LogP contribution in [0.1, 0.15) is 17.2 Å². The van der Waals surface area contributed by atoms with E-state index >= 15 is 0 Å². The first-order chi connectivity index (χ1) is 14.3. The molecule has 0 bridgehead atoms. The molecule has 5 heteroatoms. The Morgan fingerprint density at radius 1 is 0.793 bits per heavy atom. The molecule has 29 heavy (non-hydrogen) atoms. The highest BCUT2D eigenvalue weighted by Crippen LogP contribution is 2.20. The maximum atomic E-state index is 12.7. The number of aromatic nitrogens is 3. The zero-order chi connectivity index (χ0) is 19.9. The number of benzene rings is 3. The van der Waals surface area contributed by atoms with Crippen LogP contribution in [0.3, 0.4) is 0 Å². The molecule has 1 aromatic heterocycles. The van der Waals surface area contributed by atoms with Crippen molar-refractivity contribution in [2.75, 3.05) is 0 Å². The average Bonchev–Trinajstić information content (AvgIpc) is 3.28. The number of nitrogens with zero attached hydrogens (tertiary/aromatic N) is 3. The lowest BCUT2D eigenvalue weighted by Gasteiger charge is -2.19. The summed E-state index contributed by atoms with van der Waals surface area (Å²) in [5.74, 6) is -0.0292. The highest BCUT2D eigenvalue weighted by atomic mass is 16.1. The number of carbonyl (C=O) groups is 1. The van der Waals surface area contributed by atoms with Crippen LogP contribution >= 0.6 is 0 Å². The molecule has 1 heterocycles. The number of hydrogen-bond acceptors (Lipinski definition) is 3. The summed E-state index contributed by atoms with van der Waals surface area (Å²) in [6.45, 7) is 0.482. The molecule has 0 aliphatic rings. The van der Waals surface area contributed by atoms with E-state index < -0.39 is 0 Å². The lowest BCUT2D eigenvalue weighted by atomic mass is 10.0. The van der Waals surface area contributed by atoms with Gasteiger partial charge >= 0.3 is 0 Å². The van der Waals surface area contributed by atoms with Crippen molar-refractivity contribution in [1.82, 2.24) is 20.3 Å². The molecule has 5 nitrogen and oxygen atoms in total.